The predicted octanol–water partition coefficient (Wildman–Crippen LogP) is 2.49. The maximum absolute atomic E-state index is 13.1. The average molecular weight is 394 g/mol. The summed E-state index contributed by atoms with van der Waals surface area (Å²) in [6, 6.07) is 11.9. The van der Waals surface area contributed by atoms with Crippen LogP contribution in [0.2, 0.25) is 0 Å². The molecule has 2 heterocycles. The van der Waals surface area contributed by atoms with Crippen LogP contribution in [0.5, 0.6) is 0 Å². The van der Waals surface area contributed by atoms with Crippen molar-refractivity contribution in [2.45, 2.75) is 19.9 Å². The van der Waals surface area contributed by atoms with E-state index < -0.39 is 0 Å². The molecule has 29 heavy (non-hydrogen) atoms. The zero-order chi connectivity index (χ0) is 20.4. The van der Waals surface area contributed by atoms with Gasteiger partial charge in [0.25, 0.3) is 5.56 Å². The number of aryl methyl sites for hydroxylation is 1. The quantitative estimate of drug-likeness (QED) is 0.722. The van der Waals surface area contributed by atoms with Crippen LogP contribution < -0.4 is 15.8 Å². The van der Waals surface area contributed by atoms with Crippen molar-refractivity contribution in [1.82, 2.24) is 14.9 Å². The number of hydrogen-bond donors (Lipinski definition) is 1. The number of benzene rings is 2. The van der Waals surface area contributed by atoms with Gasteiger partial charge in [-0.15, -0.1) is 0 Å². The maximum Gasteiger partial charge on any atom is 0.261 e. The van der Waals surface area contributed by atoms with Crippen molar-refractivity contribution in [1.29, 1.82) is 0 Å². The number of rotatable bonds is 5. The summed E-state index contributed by atoms with van der Waals surface area (Å²) < 4.78 is 14.4. The molecule has 6 nitrogen and oxygen atoms in total. The molecule has 1 N–H and O–H groups in total. The number of para-hydroxylation sites is 1. The van der Waals surface area contributed by atoms with Gasteiger partial charge in [0.05, 0.1) is 17.2 Å². The molecule has 0 aliphatic carbocycles. The monoisotopic (exact) mass is 394 g/mol. The summed E-state index contributed by atoms with van der Waals surface area (Å²) in [5, 5.41) is 3.45. The van der Waals surface area contributed by atoms with Gasteiger partial charge in [-0.3, -0.25) is 14.2 Å². The minimum atomic E-state index is -0.245. The first kappa shape index (κ1) is 19.1. The normalized spacial score (nSPS) is 16.3. The van der Waals surface area contributed by atoms with Gasteiger partial charge in [0.2, 0.25) is 5.91 Å². The maximum atomic E-state index is 13.1. The van der Waals surface area contributed by atoms with Gasteiger partial charge < -0.3 is 10.2 Å². The number of carbonyl (C=O) groups is 1. The Hall–Kier alpha value is -3.22. The van der Waals surface area contributed by atoms with E-state index in [4.69, 9.17) is 0 Å². The van der Waals surface area contributed by atoms with E-state index in [0.717, 1.165) is 30.8 Å². The molecule has 1 atom stereocenters. The van der Waals surface area contributed by atoms with Gasteiger partial charge in [0, 0.05) is 25.3 Å². The topological polar surface area (TPSA) is 67.2 Å². The largest absolute Gasteiger partial charge is 0.371 e. The van der Waals surface area contributed by atoms with Crippen LogP contribution in [-0.4, -0.2) is 35.1 Å². The summed E-state index contributed by atoms with van der Waals surface area (Å²) in [7, 11) is 0. The van der Waals surface area contributed by atoms with Crippen LogP contribution in [0.25, 0.3) is 10.9 Å². The van der Waals surface area contributed by atoms with Gasteiger partial charge in [-0.1, -0.05) is 12.1 Å². The highest BCUT2D eigenvalue weighted by molar-refractivity contribution is 5.81. The van der Waals surface area contributed by atoms with Gasteiger partial charge in [-0.05, 0) is 55.2 Å². The predicted molar refractivity (Wildman–Crippen MR) is 110 cm³/mol. The van der Waals surface area contributed by atoms with Gasteiger partial charge in [-0.25, -0.2) is 9.37 Å². The zero-order valence-electron chi connectivity index (χ0n) is 16.3. The molecular formula is C22H23FN4O2. The highest BCUT2D eigenvalue weighted by Crippen LogP contribution is 2.23. The minimum Gasteiger partial charge on any atom is -0.371 e. The number of amides is 1. The van der Waals surface area contributed by atoms with Gasteiger partial charge in [0.15, 0.2) is 0 Å². The second kappa shape index (κ2) is 8.03. The highest BCUT2D eigenvalue weighted by Gasteiger charge is 2.23. The molecule has 0 unspecified atom stereocenters. The molecule has 7 heteroatoms. The fourth-order valence-electron chi connectivity index (χ4n) is 3.80. The van der Waals surface area contributed by atoms with Crippen molar-refractivity contribution in [2.75, 3.05) is 24.5 Å². The average Bonchev–Trinajstić information content (AvgIpc) is 3.19. The number of nitrogens with one attached hydrogen (secondary N) is 1. The fraction of sp³-hybridized carbons (Fsp3) is 0.318. The van der Waals surface area contributed by atoms with Crippen LogP contribution in [0.1, 0.15) is 12.0 Å². The second-order valence-electron chi connectivity index (χ2n) is 7.53. The van der Waals surface area contributed by atoms with E-state index in [0.29, 0.717) is 23.4 Å². The summed E-state index contributed by atoms with van der Waals surface area (Å²) in [5.74, 6) is -0.135. The molecule has 2 aromatic carbocycles. The van der Waals surface area contributed by atoms with Crippen molar-refractivity contribution in [2.24, 2.45) is 5.92 Å². The Kier molecular flexibility index (Phi) is 5.29. The number of nitrogens with zero attached hydrogens (tertiary/aromatic N) is 3. The Morgan fingerprint density at radius 1 is 1.24 bits per heavy atom. The molecule has 0 saturated carbocycles. The minimum absolute atomic E-state index is 0.0515. The summed E-state index contributed by atoms with van der Waals surface area (Å²) in [6.07, 6.45) is 2.39. The van der Waals surface area contributed by atoms with E-state index in [-0.39, 0.29) is 23.8 Å². The van der Waals surface area contributed by atoms with E-state index in [1.165, 1.54) is 23.0 Å². The molecule has 1 saturated heterocycles. The number of anilines is 1. The first-order valence-corrected chi connectivity index (χ1v) is 9.73. The summed E-state index contributed by atoms with van der Waals surface area (Å²) in [4.78, 5) is 31.5. The van der Waals surface area contributed by atoms with Crippen molar-refractivity contribution in [3.63, 3.8) is 0 Å². The molecule has 4 rings (SSSR count). The molecule has 0 spiro atoms. The molecule has 1 amide bonds. The van der Waals surface area contributed by atoms with E-state index in [1.807, 2.05) is 19.1 Å². The lowest BCUT2D eigenvalue weighted by Gasteiger charge is -2.19. The number of aromatic nitrogens is 2. The van der Waals surface area contributed by atoms with Crippen LogP contribution in [-0.2, 0) is 11.3 Å². The van der Waals surface area contributed by atoms with Gasteiger partial charge in [0.1, 0.15) is 12.4 Å². The van der Waals surface area contributed by atoms with Crippen molar-refractivity contribution in [3.05, 3.63) is 70.5 Å². The third-order valence-corrected chi connectivity index (χ3v) is 5.43. The number of fused-ring (bicyclic) bond motifs is 1. The fourth-order valence-corrected chi connectivity index (χ4v) is 3.80. The van der Waals surface area contributed by atoms with Crippen LogP contribution in [0, 0.1) is 18.7 Å². The zero-order valence-corrected chi connectivity index (χ0v) is 16.3. The first-order chi connectivity index (χ1) is 14.0. The lowest BCUT2D eigenvalue weighted by atomic mass is 10.1. The van der Waals surface area contributed by atoms with Crippen molar-refractivity contribution < 1.29 is 9.18 Å². The van der Waals surface area contributed by atoms with E-state index in [2.05, 4.69) is 15.2 Å². The number of carbonyl (C=O) groups excluding carboxylic acids is 1. The van der Waals surface area contributed by atoms with Crippen LogP contribution in [0.15, 0.2) is 53.6 Å². The van der Waals surface area contributed by atoms with Crippen LogP contribution in [0.3, 0.4) is 0 Å². The molecule has 1 aliphatic rings. The summed E-state index contributed by atoms with van der Waals surface area (Å²) in [5.41, 5.74) is 2.38. The number of hydrogen-bond acceptors (Lipinski definition) is 4. The van der Waals surface area contributed by atoms with Crippen LogP contribution in [0.4, 0.5) is 10.1 Å². The summed E-state index contributed by atoms with van der Waals surface area (Å²) >= 11 is 0. The Balaban J connectivity index is 1.34. The lowest BCUT2D eigenvalue weighted by Crippen LogP contribution is -2.36. The Morgan fingerprint density at radius 3 is 2.83 bits per heavy atom. The highest BCUT2D eigenvalue weighted by atomic mass is 19.1. The third kappa shape index (κ3) is 4.13. The molecule has 1 aromatic heterocycles. The third-order valence-electron chi connectivity index (χ3n) is 5.43. The first-order valence-electron chi connectivity index (χ1n) is 9.73. The van der Waals surface area contributed by atoms with E-state index >= 15 is 0 Å². The van der Waals surface area contributed by atoms with Crippen molar-refractivity contribution in [3.8, 4) is 0 Å². The Bertz CT molecular complexity index is 1090. The molecule has 0 bridgehead atoms. The van der Waals surface area contributed by atoms with Crippen molar-refractivity contribution >= 4 is 22.5 Å². The lowest BCUT2D eigenvalue weighted by molar-refractivity contribution is -0.121. The van der Waals surface area contributed by atoms with Gasteiger partial charge in [-0.2, -0.15) is 0 Å². The SMILES string of the molecule is Cc1cccc2c(=O)n(CC(=O)NC[C@@H]3CCN(c4ccc(F)cc4)C3)cnc12. The summed E-state index contributed by atoms with van der Waals surface area (Å²) in [6.45, 7) is 4.08. The Morgan fingerprint density at radius 2 is 2.03 bits per heavy atom. The molecule has 0 radical (unpaired) electrons. The number of halogens is 1. The van der Waals surface area contributed by atoms with E-state index in [1.54, 1.807) is 18.2 Å². The Labute approximate surface area is 168 Å². The van der Waals surface area contributed by atoms with E-state index in [9.17, 15) is 14.0 Å². The molecular weight excluding hydrogens is 371 g/mol. The standard InChI is InChI=1S/C22H23FN4O2/c1-15-3-2-4-19-21(15)25-14-27(22(19)29)13-20(28)24-11-16-9-10-26(12-16)18-7-5-17(23)6-8-18/h2-8,14,16H,9-13H2,1H3,(H,24,28)/t16-/m0/s1. The smallest absolute Gasteiger partial charge is 0.261 e. The molecule has 1 fully saturated rings. The van der Waals surface area contributed by atoms with Crippen LogP contribution >= 0.6 is 0 Å². The molecule has 150 valence electrons. The second-order valence-corrected chi connectivity index (χ2v) is 7.53. The molecule has 1 aliphatic heterocycles. The van der Waals surface area contributed by atoms with Gasteiger partial charge >= 0.3 is 0 Å². The molecule has 3 aromatic rings.